The van der Waals surface area contributed by atoms with Gasteiger partial charge in [0.05, 0.1) is 26.1 Å². The lowest BCUT2D eigenvalue weighted by Crippen LogP contribution is -2.03. The zero-order valence-electron chi connectivity index (χ0n) is 10.3. The Morgan fingerprint density at radius 1 is 1.18 bits per heavy atom. The topological polar surface area (TPSA) is 78.9 Å². The lowest BCUT2D eigenvalue weighted by Gasteiger charge is -2.12. The van der Waals surface area contributed by atoms with E-state index in [4.69, 9.17) is 9.05 Å². The molecule has 0 heterocycles. The van der Waals surface area contributed by atoms with Gasteiger partial charge in [-0.1, -0.05) is 6.08 Å². The van der Waals surface area contributed by atoms with Crippen molar-refractivity contribution in [3.63, 3.8) is 0 Å². The Bertz CT molecular complexity index is 365. The van der Waals surface area contributed by atoms with Crippen molar-refractivity contribution in [2.75, 3.05) is 26.1 Å². The van der Waals surface area contributed by atoms with Crippen LogP contribution in [0.4, 0.5) is 0 Å². The summed E-state index contributed by atoms with van der Waals surface area (Å²) in [5.41, 5.74) is 0. The summed E-state index contributed by atoms with van der Waals surface area (Å²) in [6.07, 6.45) is 2.82. The highest BCUT2D eigenvalue weighted by atomic mass is 32.2. The zero-order chi connectivity index (χ0) is 13.4. The third-order valence-electron chi connectivity index (χ3n) is 1.49. The minimum Gasteiger partial charge on any atom is -0.306 e. The lowest BCUT2D eigenvalue weighted by molar-refractivity contribution is 0.229. The minimum absolute atomic E-state index is 0.00752. The van der Waals surface area contributed by atoms with E-state index in [-0.39, 0.29) is 19.8 Å². The van der Waals surface area contributed by atoms with Gasteiger partial charge in [0.25, 0.3) is 10.1 Å². The molecule has 0 saturated heterocycles. The van der Waals surface area contributed by atoms with Crippen LogP contribution in [0.3, 0.4) is 0 Å². The first-order valence-electron chi connectivity index (χ1n) is 5.24. The van der Waals surface area contributed by atoms with Crippen LogP contribution < -0.4 is 0 Å². The van der Waals surface area contributed by atoms with Gasteiger partial charge in [0.1, 0.15) is 0 Å². The van der Waals surface area contributed by atoms with Crippen molar-refractivity contribution in [3.8, 4) is 0 Å². The van der Waals surface area contributed by atoms with Crippen LogP contribution in [0, 0.1) is 0 Å². The van der Waals surface area contributed by atoms with E-state index in [1.165, 1.54) is 11.9 Å². The predicted octanol–water partition coefficient (Wildman–Crippen LogP) is 2.13. The molecule has 0 N–H and O–H groups in total. The zero-order valence-corrected chi connectivity index (χ0v) is 12.0. The summed E-state index contributed by atoms with van der Waals surface area (Å²) < 4.78 is 47.7. The second-order valence-electron chi connectivity index (χ2n) is 3.07. The Morgan fingerprint density at radius 3 is 2.12 bits per heavy atom. The van der Waals surface area contributed by atoms with Crippen LogP contribution in [0.15, 0.2) is 11.9 Å². The van der Waals surface area contributed by atoms with Crippen molar-refractivity contribution in [2.24, 2.45) is 0 Å². The van der Waals surface area contributed by atoms with Gasteiger partial charge in [-0.05, 0) is 20.3 Å². The Morgan fingerprint density at radius 2 is 1.71 bits per heavy atom. The SMILES string of the molecule is CCOP(=O)(/C=C/CCOS(C)(=O)=O)OCC. The van der Waals surface area contributed by atoms with Gasteiger partial charge in [0.2, 0.25) is 0 Å². The summed E-state index contributed by atoms with van der Waals surface area (Å²) in [6.45, 7) is 4.00. The normalized spacial score (nSPS) is 13.4. The van der Waals surface area contributed by atoms with Crippen LogP contribution in [0.1, 0.15) is 20.3 Å². The van der Waals surface area contributed by atoms with E-state index in [0.717, 1.165) is 6.26 Å². The summed E-state index contributed by atoms with van der Waals surface area (Å²) in [7, 11) is -6.61. The van der Waals surface area contributed by atoms with Gasteiger partial charge in [-0.3, -0.25) is 8.75 Å². The van der Waals surface area contributed by atoms with E-state index in [2.05, 4.69) is 4.18 Å². The van der Waals surface area contributed by atoms with Crippen LogP contribution in [0.25, 0.3) is 0 Å². The fourth-order valence-corrected chi connectivity index (χ4v) is 2.73. The van der Waals surface area contributed by atoms with E-state index < -0.39 is 17.7 Å². The van der Waals surface area contributed by atoms with Crippen molar-refractivity contribution in [1.82, 2.24) is 0 Å². The fourth-order valence-electron chi connectivity index (χ4n) is 0.954. The number of hydrogen-bond acceptors (Lipinski definition) is 6. The van der Waals surface area contributed by atoms with Crippen molar-refractivity contribution in [3.05, 3.63) is 11.9 Å². The van der Waals surface area contributed by atoms with Gasteiger partial charge in [-0.2, -0.15) is 8.42 Å². The van der Waals surface area contributed by atoms with Crippen LogP contribution >= 0.6 is 7.60 Å². The molecular weight excluding hydrogens is 267 g/mol. The van der Waals surface area contributed by atoms with E-state index in [0.29, 0.717) is 6.42 Å². The molecule has 0 bridgehead atoms. The van der Waals surface area contributed by atoms with Crippen LogP contribution in [0.5, 0.6) is 0 Å². The largest absolute Gasteiger partial charge is 0.353 e. The van der Waals surface area contributed by atoms with Crippen molar-refractivity contribution in [1.29, 1.82) is 0 Å². The lowest BCUT2D eigenvalue weighted by atomic mass is 10.5. The molecule has 0 aromatic carbocycles. The quantitative estimate of drug-likeness (QED) is 0.367. The van der Waals surface area contributed by atoms with Gasteiger partial charge < -0.3 is 9.05 Å². The average Bonchev–Trinajstić information content (AvgIpc) is 2.16. The summed E-state index contributed by atoms with van der Waals surface area (Å²) in [5.74, 6) is 1.33. The standard InChI is InChI=1S/C9H19O6PS/c1-4-13-16(10,14-5-2)9-7-6-8-15-17(3,11)12/h7,9H,4-6,8H2,1-3H3/b9-7+. The Kier molecular flexibility index (Phi) is 7.91. The van der Waals surface area contributed by atoms with E-state index >= 15 is 0 Å². The highest BCUT2D eigenvalue weighted by Gasteiger charge is 2.18. The molecule has 17 heavy (non-hydrogen) atoms. The highest BCUT2D eigenvalue weighted by molar-refractivity contribution is 7.85. The second-order valence-corrected chi connectivity index (χ2v) is 6.61. The number of rotatable bonds is 9. The molecule has 0 atom stereocenters. The van der Waals surface area contributed by atoms with Gasteiger partial charge in [-0.15, -0.1) is 0 Å². The van der Waals surface area contributed by atoms with Crippen LogP contribution in [-0.2, 0) is 27.9 Å². The van der Waals surface area contributed by atoms with Crippen molar-refractivity contribution < 1.29 is 26.2 Å². The second kappa shape index (κ2) is 8.00. The molecular formula is C9H19O6PS. The Labute approximate surface area is 103 Å². The summed E-state index contributed by atoms with van der Waals surface area (Å²) >= 11 is 0. The maximum atomic E-state index is 11.9. The van der Waals surface area contributed by atoms with Crippen LogP contribution in [0.2, 0.25) is 0 Å². The van der Waals surface area contributed by atoms with Crippen molar-refractivity contribution in [2.45, 2.75) is 20.3 Å². The summed E-state index contributed by atoms with van der Waals surface area (Å²) in [4.78, 5) is 0. The smallest absolute Gasteiger partial charge is 0.306 e. The molecule has 0 saturated carbocycles. The molecule has 8 heteroatoms. The molecule has 0 aliphatic rings. The first kappa shape index (κ1) is 16.8. The summed E-state index contributed by atoms with van der Waals surface area (Å²) in [5, 5.41) is 0. The van der Waals surface area contributed by atoms with Gasteiger partial charge >= 0.3 is 7.60 Å². The minimum atomic E-state index is -3.43. The molecule has 0 unspecified atom stereocenters. The highest BCUT2D eigenvalue weighted by Crippen LogP contribution is 2.49. The van der Waals surface area contributed by atoms with Crippen LogP contribution in [-0.4, -0.2) is 34.5 Å². The van der Waals surface area contributed by atoms with Gasteiger partial charge in [0.15, 0.2) is 0 Å². The van der Waals surface area contributed by atoms with E-state index in [1.807, 2.05) is 0 Å². The molecule has 0 spiro atoms. The Hall–Kier alpha value is -0.200. The molecule has 0 rings (SSSR count). The van der Waals surface area contributed by atoms with Crippen molar-refractivity contribution >= 4 is 17.7 Å². The molecule has 0 aliphatic carbocycles. The third kappa shape index (κ3) is 9.50. The fraction of sp³-hybridized carbons (Fsp3) is 0.778. The Balaban J connectivity index is 4.14. The molecule has 0 aromatic rings. The first-order chi connectivity index (χ1) is 7.83. The molecule has 0 radical (unpaired) electrons. The average molecular weight is 286 g/mol. The van der Waals surface area contributed by atoms with Gasteiger partial charge in [0, 0.05) is 5.82 Å². The molecule has 0 aromatic heterocycles. The maximum absolute atomic E-state index is 11.9. The van der Waals surface area contributed by atoms with Gasteiger partial charge in [-0.25, -0.2) is 0 Å². The maximum Gasteiger partial charge on any atom is 0.353 e. The molecule has 6 nitrogen and oxygen atoms in total. The molecule has 102 valence electrons. The van der Waals surface area contributed by atoms with E-state index in [1.54, 1.807) is 13.8 Å². The molecule has 0 amide bonds. The first-order valence-corrected chi connectivity index (χ1v) is 8.66. The van der Waals surface area contributed by atoms with E-state index in [9.17, 15) is 13.0 Å². The monoisotopic (exact) mass is 286 g/mol. The predicted molar refractivity (Wildman–Crippen MR) is 65.4 cm³/mol. The molecule has 0 aliphatic heterocycles. The third-order valence-corrected chi connectivity index (χ3v) is 3.89. The molecule has 0 fully saturated rings. The number of hydrogen-bond donors (Lipinski definition) is 0. The summed E-state index contributed by atoms with van der Waals surface area (Å²) in [6, 6.07) is 0.